The molecule has 170 valence electrons. The van der Waals surface area contributed by atoms with Gasteiger partial charge in [0.05, 0.1) is 17.6 Å². The number of hydrogen-bond acceptors (Lipinski definition) is 4. The van der Waals surface area contributed by atoms with E-state index < -0.39 is 0 Å². The van der Waals surface area contributed by atoms with Gasteiger partial charge in [0, 0.05) is 11.4 Å². The molecule has 0 bridgehead atoms. The maximum Gasteiger partial charge on any atom is 0.122 e. The second-order valence-electron chi connectivity index (χ2n) is 9.41. The van der Waals surface area contributed by atoms with Gasteiger partial charge in [-0.05, 0) is 97.9 Å². The minimum Gasteiger partial charge on any atom is -0.493 e. The van der Waals surface area contributed by atoms with Gasteiger partial charge in [0.25, 0.3) is 0 Å². The fourth-order valence-corrected chi connectivity index (χ4v) is 5.14. The smallest absolute Gasteiger partial charge is 0.122 e. The minimum absolute atomic E-state index is 0.532. The van der Waals surface area contributed by atoms with Crippen molar-refractivity contribution in [3.63, 3.8) is 0 Å². The Labute approximate surface area is 195 Å². The van der Waals surface area contributed by atoms with Gasteiger partial charge in [-0.1, -0.05) is 26.0 Å². The normalized spacial score (nSPS) is 18.4. The average Bonchev–Trinajstić information content (AvgIpc) is 3.18. The number of H-pyrrole nitrogens is 1. The van der Waals surface area contributed by atoms with Gasteiger partial charge < -0.3 is 9.72 Å². The Morgan fingerprint density at radius 2 is 1.82 bits per heavy atom. The van der Waals surface area contributed by atoms with Crippen molar-refractivity contribution in [1.82, 2.24) is 19.9 Å². The summed E-state index contributed by atoms with van der Waals surface area (Å²) in [5, 5.41) is 0. The van der Waals surface area contributed by atoms with Crippen LogP contribution >= 0.6 is 0 Å². The molecule has 2 aromatic carbocycles. The van der Waals surface area contributed by atoms with Crippen molar-refractivity contribution in [3.8, 4) is 16.9 Å². The number of aromatic amines is 1. The van der Waals surface area contributed by atoms with E-state index in [2.05, 4.69) is 77.1 Å². The number of nitrogens with one attached hydrogen (secondary N) is 1. The summed E-state index contributed by atoms with van der Waals surface area (Å²) in [5.74, 6) is 3.04. The molecule has 1 N–H and O–H groups in total. The second kappa shape index (κ2) is 8.97. The molecule has 1 aliphatic rings. The SMILES string of the molecule is CCc1ncnc(CC2CCOc3ccc(-c4ccc5nc(C)[nH]c5c4)cc3CC2C)c1C. The standard InChI is InChI=1S/C28H32N4O/c1-5-24-18(3)26(30-16-29-24)14-20-10-11-33-28-9-7-21(13-23(28)12-17(20)2)22-6-8-25-27(15-22)32-19(4)31-25/h6-9,13,15-17,20H,5,10-12,14H2,1-4H3,(H,31,32). The first kappa shape index (κ1) is 21.6. The number of rotatable bonds is 4. The van der Waals surface area contributed by atoms with Crippen molar-refractivity contribution in [2.75, 3.05) is 6.61 Å². The van der Waals surface area contributed by atoms with Gasteiger partial charge in [-0.3, -0.25) is 0 Å². The molecule has 0 radical (unpaired) electrons. The van der Waals surface area contributed by atoms with Crippen molar-refractivity contribution in [2.24, 2.45) is 11.8 Å². The van der Waals surface area contributed by atoms with Crippen molar-refractivity contribution in [2.45, 2.75) is 53.4 Å². The highest BCUT2D eigenvalue weighted by Gasteiger charge is 2.24. The van der Waals surface area contributed by atoms with Gasteiger partial charge in [-0.25, -0.2) is 15.0 Å². The topological polar surface area (TPSA) is 63.7 Å². The van der Waals surface area contributed by atoms with Crippen LogP contribution in [0.5, 0.6) is 5.75 Å². The molecule has 0 amide bonds. The Kier molecular flexibility index (Phi) is 5.88. The molecule has 4 aromatic rings. The molecule has 3 heterocycles. The summed E-state index contributed by atoms with van der Waals surface area (Å²) in [6.07, 6.45) is 5.71. The number of aryl methyl sites for hydroxylation is 2. The molecule has 0 saturated carbocycles. The summed E-state index contributed by atoms with van der Waals surface area (Å²) in [5.41, 5.74) is 9.40. The lowest BCUT2D eigenvalue weighted by Crippen LogP contribution is -2.23. The van der Waals surface area contributed by atoms with E-state index in [0.717, 1.165) is 60.6 Å². The Morgan fingerprint density at radius 1 is 1.03 bits per heavy atom. The third kappa shape index (κ3) is 4.37. The Bertz CT molecular complexity index is 1290. The number of nitrogens with zero attached hydrogens (tertiary/aromatic N) is 3. The van der Waals surface area contributed by atoms with E-state index in [1.54, 1.807) is 6.33 Å². The lowest BCUT2D eigenvalue weighted by Gasteiger charge is -2.28. The first-order chi connectivity index (χ1) is 16.0. The van der Waals surface area contributed by atoms with Crippen LogP contribution < -0.4 is 4.74 Å². The summed E-state index contributed by atoms with van der Waals surface area (Å²) in [6, 6.07) is 13.1. The third-order valence-electron chi connectivity index (χ3n) is 7.17. The van der Waals surface area contributed by atoms with Gasteiger partial charge in [-0.2, -0.15) is 0 Å². The van der Waals surface area contributed by atoms with E-state index >= 15 is 0 Å². The van der Waals surface area contributed by atoms with E-state index in [-0.39, 0.29) is 0 Å². The predicted octanol–water partition coefficient (Wildman–Crippen LogP) is 6.02. The fourth-order valence-electron chi connectivity index (χ4n) is 5.14. The van der Waals surface area contributed by atoms with Crippen molar-refractivity contribution in [3.05, 3.63) is 71.1 Å². The largest absolute Gasteiger partial charge is 0.493 e. The Balaban J connectivity index is 1.40. The summed E-state index contributed by atoms with van der Waals surface area (Å²) < 4.78 is 6.24. The Hall–Kier alpha value is -3.21. The zero-order valence-electron chi connectivity index (χ0n) is 20.0. The Morgan fingerprint density at radius 3 is 2.67 bits per heavy atom. The van der Waals surface area contributed by atoms with Crippen molar-refractivity contribution < 1.29 is 4.74 Å². The molecular formula is C28H32N4O. The summed E-state index contributed by atoms with van der Waals surface area (Å²) in [4.78, 5) is 17.0. The molecule has 2 aromatic heterocycles. The van der Waals surface area contributed by atoms with E-state index in [1.165, 1.54) is 27.9 Å². The molecule has 0 aliphatic carbocycles. The van der Waals surface area contributed by atoms with Crippen molar-refractivity contribution in [1.29, 1.82) is 0 Å². The molecule has 0 fully saturated rings. The molecule has 2 unspecified atom stereocenters. The summed E-state index contributed by atoms with van der Waals surface area (Å²) in [7, 11) is 0. The number of aromatic nitrogens is 4. The minimum atomic E-state index is 0.532. The molecule has 5 nitrogen and oxygen atoms in total. The zero-order valence-corrected chi connectivity index (χ0v) is 20.0. The first-order valence-corrected chi connectivity index (χ1v) is 12.0. The average molecular weight is 441 g/mol. The second-order valence-corrected chi connectivity index (χ2v) is 9.41. The highest BCUT2D eigenvalue weighted by atomic mass is 16.5. The molecule has 2 atom stereocenters. The number of benzene rings is 2. The lowest BCUT2D eigenvalue weighted by atomic mass is 9.81. The van der Waals surface area contributed by atoms with E-state index in [4.69, 9.17) is 4.74 Å². The molecule has 1 aliphatic heterocycles. The number of hydrogen-bond donors (Lipinski definition) is 1. The van der Waals surface area contributed by atoms with E-state index in [1.807, 2.05) is 6.92 Å². The number of fused-ring (bicyclic) bond motifs is 2. The highest BCUT2D eigenvalue weighted by molar-refractivity contribution is 5.82. The van der Waals surface area contributed by atoms with Gasteiger partial charge in [0.2, 0.25) is 0 Å². The van der Waals surface area contributed by atoms with Gasteiger partial charge in [0.1, 0.15) is 17.9 Å². The quantitative estimate of drug-likeness (QED) is 0.421. The summed E-state index contributed by atoms with van der Waals surface area (Å²) in [6.45, 7) is 9.43. The predicted molar refractivity (Wildman–Crippen MR) is 133 cm³/mol. The van der Waals surface area contributed by atoms with Crippen molar-refractivity contribution >= 4 is 11.0 Å². The fraction of sp³-hybridized carbons (Fsp3) is 0.393. The third-order valence-corrected chi connectivity index (χ3v) is 7.17. The van der Waals surface area contributed by atoms with Gasteiger partial charge in [0.15, 0.2) is 0 Å². The van der Waals surface area contributed by atoms with Crippen LogP contribution in [0.4, 0.5) is 0 Å². The van der Waals surface area contributed by atoms with Crippen LogP contribution in [0.3, 0.4) is 0 Å². The lowest BCUT2D eigenvalue weighted by molar-refractivity contribution is 0.220. The van der Waals surface area contributed by atoms with Crippen LogP contribution in [0.15, 0.2) is 42.7 Å². The van der Waals surface area contributed by atoms with Crippen LogP contribution in [0.25, 0.3) is 22.2 Å². The first-order valence-electron chi connectivity index (χ1n) is 12.0. The molecule has 33 heavy (non-hydrogen) atoms. The van der Waals surface area contributed by atoms with Crippen LogP contribution in [-0.4, -0.2) is 26.5 Å². The number of imidazole rings is 1. The van der Waals surface area contributed by atoms with Crippen LogP contribution in [0.2, 0.25) is 0 Å². The van der Waals surface area contributed by atoms with Gasteiger partial charge in [-0.15, -0.1) is 0 Å². The highest BCUT2D eigenvalue weighted by Crippen LogP contribution is 2.35. The number of ether oxygens (including phenoxy) is 1. The molecule has 0 spiro atoms. The maximum absolute atomic E-state index is 6.24. The zero-order chi connectivity index (χ0) is 22.9. The maximum atomic E-state index is 6.24. The molecule has 5 heteroatoms. The van der Waals surface area contributed by atoms with E-state index in [0.29, 0.717) is 11.8 Å². The van der Waals surface area contributed by atoms with E-state index in [9.17, 15) is 0 Å². The monoisotopic (exact) mass is 440 g/mol. The van der Waals surface area contributed by atoms with Gasteiger partial charge >= 0.3 is 0 Å². The van der Waals surface area contributed by atoms with Crippen LogP contribution in [-0.2, 0) is 19.3 Å². The summed E-state index contributed by atoms with van der Waals surface area (Å²) >= 11 is 0. The molecular weight excluding hydrogens is 408 g/mol. The van der Waals surface area contributed by atoms with Crippen LogP contribution in [0.1, 0.15) is 48.6 Å². The van der Waals surface area contributed by atoms with Crippen LogP contribution in [0, 0.1) is 25.7 Å². The molecule has 5 rings (SSSR count). The molecule has 0 saturated heterocycles.